The van der Waals surface area contributed by atoms with E-state index in [0.717, 1.165) is 5.39 Å². The van der Waals surface area contributed by atoms with Gasteiger partial charge in [-0.25, -0.2) is 4.98 Å². The molecule has 0 saturated carbocycles. The second kappa shape index (κ2) is 5.16. The highest BCUT2D eigenvalue weighted by molar-refractivity contribution is 5.82. The first kappa shape index (κ1) is 13.8. The molecule has 2 heterocycles. The molecular weight excluding hydrogens is 256 g/mol. The number of hydrogen-bond acceptors (Lipinski definition) is 5. The lowest BCUT2D eigenvalue weighted by atomic mass is 10.1. The maximum absolute atomic E-state index is 12.4. The third-order valence-corrected chi connectivity index (χ3v) is 3.00. The first-order chi connectivity index (χ1) is 9.49. The zero-order valence-electron chi connectivity index (χ0n) is 11.5. The molecule has 2 rings (SSSR count). The van der Waals surface area contributed by atoms with Gasteiger partial charge in [-0.1, -0.05) is 13.2 Å². The molecule has 0 aromatic carbocycles. The highest BCUT2D eigenvalue weighted by atomic mass is 16.5. The molecule has 0 radical (unpaired) electrons. The fourth-order valence-electron chi connectivity index (χ4n) is 2.07. The highest BCUT2D eigenvalue weighted by Gasteiger charge is 2.15. The zero-order valence-corrected chi connectivity index (χ0v) is 11.5. The van der Waals surface area contributed by atoms with Crippen LogP contribution in [0.1, 0.15) is 18.2 Å². The number of hydrogen-bond donors (Lipinski definition) is 1. The van der Waals surface area contributed by atoms with E-state index in [9.17, 15) is 4.79 Å². The van der Waals surface area contributed by atoms with Crippen molar-refractivity contribution in [2.24, 2.45) is 0 Å². The second-order valence-corrected chi connectivity index (χ2v) is 4.22. The molecule has 2 aromatic heterocycles. The van der Waals surface area contributed by atoms with Crippen molar-refractivity contribution in [2.45, 2.75) is 20.4 Å². The minimum atomic E-state index is -0.232. The minimum Gasteiger partial charge on any atom is -0.465 e. The Morgan fingerprint density at radius 1 is 1.55 bits per heavy atom. The van der Waals surface area contributed by atoms with E-state index < -0.39 is 0 Å². The van der Waals surface area contributed by atoms with Gasteiger partial charge in [0.1, 0.15) is 11.4 Å². The predicted molar refractivity (Wildman–Crippen MR) is 78.9 cm³/mol. The number of pyridine rings is 1. The fraction of sp³-hybridized carbons (Fsp3) is 0.214. The van der Waals surface area contributed by atoms with Crippen molar-refractivity contribution >= 4 is 22.7 Å². The number of nitrogens with two attached hydrogens (primary N) is 1. The summed E-state index contributed by atoms with van der Waals surface area (Å²) in [5, 5.41) is 0.740. The van der Waals surface area contributed by atoms with Crippen LogP contribution < -0.4 is 11.3 Å². The number of nitrogens with zero attached hydrogens (tertiary/aromatic N) is 3. The van der Waals surface area contributed by atoms with Gasteiger partial charge < -0.3 is 10.5 Å². The third-order valence-electron chi connectivity index (χ3n) is 3.00. The molecule has 0 aliphatic heterocycles. The summed E-state index contributed by atoms with van der Waals surface area (Å²) in [4.78, 5) is 20.7. The van der Waals surface area contributed by atoms with E-state index in [4.69, 9.17) is 10.5 Å². The molecule has 0 spiro atoms. The van der Waals surface area contributed by atoms with Crippen molar-refractivity contribution in [1.82, 2.24) is 14.5 Å². The summed E-state index contributed by atoms with van der Waals surface area (Å²) in [5.74, 6) is 0.385. The van der Waals surface area contributed by atoms with E-state index in [0.29, 0.717) is 23.4 Å². The predicted octanol–water partition coefficient (Wildman–Crippen LogP) is 1.83. The zero-order chi connectivity index (χ0) is 14.9. The van der Waals surface area contributed by atoms with Crippen molar-refractivity contribution in [2.75, 3.05) is 5.73 Å². The van der Waals surface area contributed by atoms with Gasteiger partial charge in [0.25, 0.3) is 5.56 Å². The summed E-state index contributed by atoms with van der Waals surface area (Å²) in [6, 6.07) is 1.67. The van der Waals surface area contributed by atoms with Gasteiger partial charge in [-0.2, -0.15) is 4.98 Å². The van der Waals surface area contributed by atoms with Gasteiger partial charge in [-0.15, -0.1) is 0 Å². The van der Waals surface area contributed by atoms with E-state index >= 15 is 0 Å². The van der Waals surface area contributed by atoms with Crippen LogP contribution in [0.15, 0.2) is 30.3 Å². The summed E-state index contributed by atoms with van der Waals surface area (Å²) < 4.78 is 6.63. The van der Waals surface area contributed by atoms with Gasteiger partial charge in [0.2, 0.25) is 5.95 Å². The number of fused-ring (bicyclic) bond motifs is 1. The Bertz CT molecular complexity index is 762. The van der Waals surface area contributed by atoms with Crippen LogP contribution in [0, 0.1) is 6.92 Å². The van der Waals surface area contributed by atoms with Crippen molar-refractivity contribution in [1.29, 1.82) is 0 Å². The van der Waals surface area contributed by atoms with Crippen LogP contribution in [0.3, 0.4) is 0 Å². The van der Waals surface area contributed by atoms with E-state index in [1.807, 2.05) is 13.8 Å². The Balaban J connectivity index is 2.87. The monoisotopic (exact) mass is 272 g/mol. The molecular formula is C14H16N4O2. The summed E-state index contributed by atoms with van der Waals surface area (Å²) in [6.45, 7) is 11.3. The molecule has 0 bridgehead atoms. The van der Waals surface area contributed by atoms with Crippen LogP contribution in [0.4, 0.5) is 5.95 Å². The first-order valence-corrected chi connectivity index (χ1v) is 6.14. The van der Waals surface area contributed by atoms with E-state index in [-0.39, 0.29) is 17.3 Å². The maximum atomic E-state index is 12.4. The summed E-state index contributed by atoms with van der Waals surface area (Å²) in [5.41, 5.74) is 6.98. The molecule has 20 heavy (non-hydrogen) atoms. The molecule has 0 unspecified atom stereocenters. The van der Waals surface area contributed by atoms with Gasteiger partial charge in [-0.3, -0.25) is 9.36 Å². The van der Waals surface area contributed by atoms with Gasteiger partial charge in [0.05, 0.1) is 17.5 Å². The molecule has 0 atom stereocenters. The molecule has 0 saturated heterocycles. The quantitative estimate of drug-likeness (QED) is 0.858. The highest BCUT2D eigenvalue weighted by Crippen LogP contribution is 2.19. The SMILES string of the molecule is C=COC(=C)c1cc2c(C)nc(N)nc2n(CC)c1=O. The van der Waals surface area contributed by atoms with Crippen LogP contribution in [-0.4, -0.2) is 14.5 Å². The molecule has 2 aromatic rings. The summed E-state index contributed by atoms with van der Waals surface area (Å²) in [7, 11) is 0. The van der Waals surface area contributed by atoms with Crippen molar-refractivity contribution in [3.05, 3.63) is 47.1 Å². The average molecular weight is 272 g/mol. The number of nitrogen functional groups attached to an aromatic ring is 1. The van der Waals surface area contributed by atoms with Crippen LogP contribution >= 0.6 is 0 Å². The third kappa shape index (κ3) is 2.16. The molecule has 0 fully saturated rings. The Kier molecular flexibility index (Phi) is 3.56. The summed E-state index contributed by atoms with van der Waals surface area (Å²) in [6.07, 6.45) is 1.23. The standard InChI is InChI=1S/C14H16N4O2/c1-5-18-12-10(8(3)16-14(15)17-12)7-11(13(18)19)9(4)20-6-2/h6-7H,2,4-5H2,1,3H3,(H2,15,16,17). The number of anilines is 1. The Morgan fingerprint density at radius 2 is 2.25 bits per heavy atom. The lowest BCUT2D eigenvalue weighted by Crippen LogP contribution is -2.24. The van der Waals surface area contributed by atoms with Gasteiger partial charge in [-0.05, 0) is 19.9 Å². The van der Waals surface area contributed by atoms with Gasteiger partial charge in [0.15, 0.2) is 0 Å². The molecule has 0 aliphatic carbocycles. The number of aromatic nitrogens is 3. The number of ether oxygens (including phenoxy) is 1. The van der Waals surface area contributed by atoms with E-state index in [1.165, 1.54) is 10.8 Å². The number of aryl methyl sites for hydroxylation is 2. The molecule has 6 nitrogen and oxygen atoms in total. The Labute approximate surface area is 116 Å². The maximum Gasteiger partial charge on any atom is 0.263 e. The Morgan fingerprint density at radius 3 is 2.85 bits per heavy atom. The second-order valence-electron chi connectivity index (χ2n) is 4.22. The smallest absolute Gasteiger partial charge is 0.263 e. The first-order valence-electron chi connectivity index (χ1n) is 6.14. The lowest BCUT2D eigenvalue weighted by Gasteiger charge is -2.12. The number of rotatable bonds is 4. The molecule has 6 heteroatoms. The van der Waals surface area contributed by atoms with Gasteiger partial charge in [0, 0.05) is 11.9 Å². The average Bonchev–Trinajstić information content (AvgIpc) is 2.38. The van der Waals surface area contributed by atoms with E-state index in [2.05, 4.69) is 23.1 Å². The van der Waals surface area contributed by atoms with Crippen LogP contribution in [-0.2, 0) is 11.3 Å². The molecule has 104 valence electrons. The Hall–Kier alpha value is -2.63. The topological polar surface area (TPSA) is 83.0 Å². The lowest BCUT2D eigenvalue weighted by molar-refractivity contribution is 0.439. The normalized spacial score (nSPS) is 10.5. The van der Waals surface area contributed by atoms with Crippen molar-refractivity contribution in [3.8, 4) is 0 Å². The molecule has 2 N–H and O–H groups in total. The molecule has 0 aliphatic rings. The van der Waals surface area contributed by atoms with Crippen molar-refractivity contribution < 1.29 is 4.74 Å². The fourth-order valence-corrected chi connectivity index (χ4v) is 2.07. The van der Waals surface area contributed by atoms with Gasteiger partial charge >= 0.3 is 0 Å². The van der Waals surface area contributed by atoms with Crippen molar-refractivity contribution in [3.63, 3.8) is 0 Å². The summed E-state index contributed by atoms with van der Waals surface area (Å²) >= 11 is 0. The largest absolute Gasteiger partial charge is 0.465 e. The van der Waals surface area contributed by atoms with Crippen LogP contribution in [0.2, 0.25) is 0 Å². The van der Waals surface area contributed by atoms with E-state index in [1.54, 1.807) is 6.07 Å². The minimum absolute atomic E-state index is 0.144. The van der Waals surface area contributed by atoms with Crippen LogP contribution in [0.5, 0.6) is 0 Å². The molecule has 0 amide bonds. The van der Waals surface area contributed by atoms with Crippen LogP contribution in [0.25, 0.3) is 16.8 Å².